The Balaban J connectivity index is 2.54. The molecular formula is C12H13ClN4O5S. The summed E-state index contributed by atoms with van der Waals surface area (Å²) in [6.45, 7) is 3.16. The third kappa shape index (κ3) is 3.59. The van der Waals surface area contributed by atoms with Gasteiger partial charge in [-0.05, 0) is 31.2 Å². The van der Waals surface area contributed by atoms with E-state index in [9.17, 15) is 13.2 Å². The smallest absolute Gasteiger partial charge is 0.337 e. The van der Waals surface area contributed by atoms with Crippen LogP contribution in [0.5, 0.6) is 5.75 Å². The van der Waals surface area contributed by atoms with Crippen molar-refractivity contribution < 1.29 is 23.1 Å². The molecule has 0 aliphatic heterocycles. The van der Waals surface area contributed by atoms with E-state index in [0.29, 0.717) is 5.82 Å². The van der Waals surface area contributed by atoms with Gasteiger partial charge in [0.2, 0.25) is 6.23 Å². The van der Waals surface area contributed by atoms with E-state index in [2.05, 4.69) is 15.4 Å². The predicted octanol–water partition coefficient (Wildman–Crippen LogP) is 1.33. The normalized spacial score (nSPS) is 12.9. The first kappa shape index (κ1) is 17.2. The van der Waals surface area contributed by atoms with Gasteiger partial charge in [0, 0.05) is 6.26 Å². The zero-order valence-electron chi connectivity index (χ0n) is 12.4. The van der Waals surface area contributed by atoms with Crippen LogP contribution in [-0.2, 0) is 9.84 Å². The molecule has 1 aromatic heterocycles. The van der Waals surface area contributed by atoms with Gasteiger partial charge in [0.05, 0.1) is 10.6 Å². The van der Waals surface area contributed by atoms with Gasteiger partial charge >= 0.3 is 5.97 Å². The van der Waals surface area contributed by atoms with Gasteiger partial charge in [-0.25, -0.2) is 13.2 Å². The molecule has 2 rings (SSSR count). The van der Waals surface area contributed by atoms with Crippen LogP contribution >= 0.6 is 11.6 Å². The van der Waals surface area contributed by atoms with Crippen LogP contribution in [0, 0.1) is 6.92 Å². The number of benzene rings is 1. The molecule has 11 heteroatoms. The summed E-state index contributed by atoms with van der Waals surface area (Å²) in [5.74, 6) is -1.17. The Labute approximate surface area is 136 Å². The second kappa shape index (κ2) is 6.13. The van der Waals surface area contributed by atoms with E-state index < -0.39 is 22.0 Å². The van der Waals surface area contributed by atoms with Crippen molar-refractivity contribution in [2.45, 2.75) is 25.0 Å². The van der Waals surface area contributed by atoms with Gasteiger partial charge in [0.25, 0.3) is 0 Å². The Bertz CT molecular complexity index is 864. The summed E-state index contributed by atoms with van der Waals surface area (Å²) >= 11 is 6.02. The minimum atomic E-state index is -3.69. The minimum Gasteiger partial charge on any atom is -0.478 e. The van der Waals surface area contributed by atoms with E-state index in [4.69, 9.17) is 21.4 Å². The number of carbonyl (C=O) groups is 1. The van der Waals surface area contributed by atoms with Crippen molar-refractivity contribution in [1.82, 2.24) is 20.2 Å². The topological polar surface area (TPSA) is 124 Å². The van der Waals surface area contributed by atoms with E-state index in [1.807, 2.05) is 0 Å². The van der Waals surface area contributed by atoms with Crippen molar-refractivity contribution >= 4 is 27.4 Å². The zero-order valence-corrected chi connectivity index (χ0v) is 14.0. The molecule has 124 valence electrons. The van der Waals surface area contributed by atoms with E-state index in [1.165, 1.54) is 6.92 Å². The van der Waals surface area contributed by atoms with Crippen LogP contribution < -0.4 is 4.74 Å². The number of tetrazole rings is 1. The van der Waals surface area contributed by atoms with Gasteiger partial charge in [-0.1, -0.05) is 11.6 Å². The van der Waals surface area contributed by atoms with E-state index in [-0.39, 0.29) is 21.2 Å². The second-order valence-corrected chi connectivity index (χ2v) is 7.07. The number of nitrogens with zero attached hydrogens (tertiary/aromatic N) is 4. The molecule has 9 nitrogen and oxygen atoms in total. The van der Waals surface area contributed by atoms with Crippen LogP contribution in [-0.4, -0.2) is 46.0 Å². The Hall–Kier alpha value is -2.20. The molecule has 23 heavy (non-hydrogen) atoms. The number of aromatic nitrogens is 4. The third-order valence-corrected chi connectivity index (χ3v) is 4.33. The summed E-state index contributed by atoms with van der Waals surface area (Å²) < 4.78 is 29.3. The summed E-state index contributed by atoms with van der Waals surface area (Å²) in [7, 11) is -3.69. The van der Waals surface area contributed by atoms with Crippen molar-refractivity contribution in [3.63, 3.8) is 0 Å². The fourth-order valence-corrected chi connectivity index (χ4v) is 2.92. The number of ether oxygens (including phenoxy) is 1. The maximum Gasteiger partial charge on any atom is 0.337 e. The lowest BCUT2D eigenvalue weighted by Gasteiger charge is -2.17. The first-order chi connectivity index (χ1) is 10.6. The molecule has 1 aromatic carbocycles. The molecule has 0 aliphatic carbocycles. The van der Waals surface area contributed by atoms with Gasteiger partial charge in [-0.15, -0.1) is 15.0 Å². The average Bonchev–Trinajstić information content (AvgIpc) is 2.85. The van der Waals surface area contributed by atoms with Crippen LogP contribution in [0.3, 0.4) is 0 Å². The lowest BCUT2D eigenvalue weighted by molar-refractivity contribution is 0.0694. The van der Waals surface area contributed by atoms with Gasteiger partial charge in [0.15, 0.2) is 21.4 Å². The summed E-state index contributed by atoms with van der Waals surface area (Å²) in [5, 5.41) is 20.1. The van der Waals surface area contributed by atoms with E-state index >= 15 is 0 Å². The highest BCUT2D eigenvalue weighted by Crippen LogP contribution is 2.36. The van der Waals surface area contributed by atoms with Gasteiger partial charge in [0.1, 0.15) is 4.90 Å². The van der Waals surface area contributed by atoms with Crippen LogP contribution in [0.25, 0.3) is 0 Å². The summed E-state index contributed by atoms with van der Waals surface area (Å²) in [5.41, 5.74) is -0.274. The second-order valence-electron chi connectivity index (χ2n) is 4.71. The molecule has 0 aliphatic rings. The molecule has 0 bridgehead atoms. The Kier molecular flexibility index (Phi) is 4.57. The Morgan fingerprint density at radius 2 is 2.09 bits per heavy atom. The summed E-state index contributed by atoms with van der Waals surface area (Å²) in [6, 6.07) is 2.24. The van der Waals surface area contributed by atoms with E-state index in [1.54, 1.807) is 6.92 Å². The molecular weight excluding hydrogens is 348 g/mol. The van der Waals surface area contributed by atoms with Crippen molar-refractivity contribution in [1.29, 1.82) is 0 Å². The van der Waals surface area contributed by atoms with Crippen LogP contribution in [0.4, 0.5) is 0 Å². The van der Waals surface area contributed by atoms with E-state index in [0.717, 1.165) is 23.2 Å². The molecule has 1 heterocycles. The largest absolute Gasteiger partial charge is 0.478 e. The quantitative estimate of drug-likeness (QED) is 0.846. The first-order valence-electron chi connectivity index (χ1n) is 6.30. The average molecular weight is 361 g/mol. The number of hydrogen-bond acceptors (Lipinski definition) is 7. The lowest BCUT2D eigenvalue weighted by Crippen LogP contribution is -2.17. The number of carboxylic acid groups (broad SMARTS) is 1. The highest BCUT2D eigenvalue weighted by molar-refractivity contribution is 7.90. The molecule has 1 unspecified atom stereocenters. The molecule has 0 saturated carbocycles. The maximum atomic E-state index is 11.9. The number of hydrogen-bond donors (Lipinski definition) is 1. The highest BCUT2D eigenvalue weighted by atomic mass is 35.5. The standard InChI is InChI=1S/C12H13ClN4O5S/c1-6-14-16-17(15-6)7(2)22-11-9(23(3,20)21)5-4-8(10(11)13)12(18)19/h4-5,7H,1-3H3,(H,18,19). The third-order valence-electron chi connectivity index (χ3n) is 2.83. The number of aryl methyl sites for hydroxylation is 1. The number of rotatable bonds is 5. The molecule has 1 N–H and O–H groups in total. The van der Waals surface area contributed by atoms with Crippen molar-refractivity contribution in [3.8, 4) is 5.75 Å². The summed E-state index contributed by atoms with van der Waals surface area (Å²) in [6.07, 6.45) is 0.118. The Morgan fingerprint density at radius 3 is 2.57 bits per heavy atom. The molecule has 0 saturated heterocycles. The van der Waals surface area contributed by atoms with Gasteiger partial charge in [-0.2, -0.15) is 0 Å². The van der Waals surface area contributed by atoms with Crippen molar-refractivity contribution in [2.75, 3.05) is 6.26 Å². The SMILES string of the molecule is Cc1nnn(C(C)Oc2c(S(C)(=O)=O)ccc(C(=O)O)c2Cl)n1. The van der Waals surface area contributed by atoms with Crippen molar-refractivity contribution in [3.05, 3.63) is 28.5 Å². The van der Waals surface area contributed by atoms with Gasteiger partial charge in [-0.3, -0.25) is 0 Å². The Morgan fingerprint density at radius 1 is 1.43 bits per heavy atom. The van der Waals surface area contributed by atoms with Crippen LogP contribution in [0.1, 0.15) is 29.3 Å². The first-order valence-corrected chi connectivity index (χ1v) is 8.57. The molecule has 2 aromatic rings. The number of sulfone groups is 1. The highest BCUT2D eigenvalue weighted by Gasteiger charge is 2.25. The lowest BCUT2D eigenvalue weighted by atomic mass is 10.2. The molecule has 0 amide bonds. The maximum absolute atomic E-state index is 11.9. The summed E-state index contributed by atoms with van der Waals surface area (Å²) in [4.78, 5) is 12.1. The fraction of sp³-hybridized carbons (Fsp3) is 0.333. The fourth-order valence-electron chi connectivity index (χ4n) is 1.78. The number of carboxylic acids is 1. The van der Waals surface area contributed by atoms with Crippen molar-refractivity contribution in [2.24, 2.45) is 0 Å². The monoisotopic (exact) mass is 360 g/mol. The number of halogens is 1. The zero-order chi connectivity index (χ0) is 17.4. The predicted molar refractivity (Wildman–Crippen MR) is 79.4 cm³/mol. The molecule has 0 spiro atoms. The van der Waals surface area contributed by atoms with Gasteiger partial charge < -0.3 is 9.84 Å². The van der Waals surface area contributed by atoms with Crippen LogP contribution in [0.15, 0.2) is 17.0 Å². The number of aromatic carboxylic acids is 1. The molecule has 0 fully saturated rings. The minimum absolute atomic E-state index is 0.226. The molecule has 0 radical (unpaired) electrons. The molecule has 1 atom stereocenters. The van der Waals surface area contributed by atoms with Crippen LogP contribution in [0.2, 0.25) is 5.02 Å².